The number of aliphatic hydroxyl groups excluding tert-OH is 1. The van der Waals surface area contributed by atoms with Crippen molar-refractivity contribution in [2.75, 3.05) is 0 Å². The van der Waals surface area contributed by atoms with Gasteiger partial charge < -0.3 is 10.4 Å². The van der Waals surface area contributed by atoms with Crippen LogP contribution in [0.3, 0.4) is 0 Å². The van der Waals surface area contributed by atoms with Crippen LogP contribution in [0.1, 0.15) is 37.7 Å². The molecule has 1 amide bonds. The maximum atomic E-state index is 11.9. The predicted octanol–water partition coefficient (Wildman–Crippen LogP) is 2.80. The van der Waals surface area contributed by atoms with Gasteiger partial charge in [0.15, 0.2) is 0 Å². The minimum absolute atomic E-state index is 0.0333. The molecule has 0 spiro atoms. The van der Waals surface area contributed by atoms with E-state index in [0.717, 1.165) is 42.1 Å². The molecule has 0 aromatic heterocycles. The van der Waals surface area contributed by atoms with Crippen molar-refractivity contribution in [2.45, 2.75) is 50.7 Å². The number of amides is 1. The van der Waals surface area contributed by atoms with Gasteiger partial charge in [-0.05, 0) is 37.0 Å². The van der Waals surface area contributed by atoms with Gasteiger partial charge in [-0.25, -0.2) is 0 Å². The Morgan fingerprint density at radius 3 is 2.89 bits per heavy atom. The van der Waals surface area contributed by atoms with E-state index >= 15 is 0 Å². The first-order valence-corrected chi connectivity index (χ1v) is 7.66. The fourth-order valence-corrected chi connectivity index (χ4v) is 2.96. The summed E-state index contributed by atoms with van der Waals surface area (Å²) in [7, 11) is 0. The largest absolute Gasteiger partial charge is 0.391 e. The Balaban J connectivity index is 1.78. The summed E-state index contributed by atoms with van der Waals surface area (Å²) in [6, 6.07) is 7.95. The minimum atomic E-state index is -0.372. The van der Waals surface area contributed by atoms with E-state index in [9.17, 15) is 9.90 Å². The second kappa shape index (κ2) is 7.06. The molecule has 1 saturated carbocycles. The van der Waals surface area contributed by atoms with Crippen molar-refractivity contribution in [1.82, 2.24) is 5.32 Å². The third kappa shape index (κ3) is 4.62. The van der Waals surface area contributed by atoms with Gasteiger partial charge in [0.2, 0.25) is 5.91 Å². The van der Waals surface area contributed by atoms with Crippen LogP contribution >= 0.6 is 15.9 Å². The summed E-state index contributed by atoms with van der Waals surface area (Å²) in [4.78, 5) is 11.9. The van der Waals surface area contributed by atoms with Crippen molar-refractivity contribution in [3.63, 3.8) is 0 Å². The molecule has 104 valence electrons. The monoisotopic (exact) mass is 325 g/mol. The van der Waals surface area contributed by atoms with Crippen LogP contribution in [0.4, 0.5) is 0 Å². The smallest absolute Gasteiger partial charge is 0.220 e. The van der Waals surface area contributed by atoms with Gasteiger partial charge in [-0.2, -0.15) is 0 Å². The number of nitrogens with one attached hydrogen (secondary N) is 1. The zero-order valence-electron chi connectivity index (χ0n) is 10.9. The summed E-state index contributed by atoms with van der Waals surface area (Å²) >= 11 is 3.42. The van der Waals surface area contributed by atoms with E-state index in [-0.39, 0.29) is 18.1 Å². The molecule has 3 nitrogen and oxygen atoms in total. The van der Waals surface area contributed by atoms with E-state index in [1.54, 1.807) is 0 Å². The Morgan fingerprint density at radius 1 is 1.37 bits per heavy atom. The number of carbonyl (C=O) groups excluding carboxylic acids is 1. The fraction of sp³-hybridized carbons (Fsp3) is 0.533. The van der Waals surface area contributed by atoms with Crippen molar-refractivity contribution >= 4 is 21.8 Å². The molecule has 0 bridgehead atoms. The van der Waals surface area contributed by atoms with Crippen molar-refractivity contribution in [2.24, 2.45) is 0 Å². The van der Waals surface area contributed by atoms with Gasteiger partial charge >= 0.3 is 0 Å². The highest BCUT2D eigenvalue weighted by atomic mass is 79.9. The van der Waals surface area contributed by atoms with Crippen molar-refractivity contribution in [1.29, 1.82) is 0 Å². The maximum Gasteiger partial charge on any atom is 0.220 e. The van der Waals surface area contributed by atoms with Crippen LogP contribution in [0.15, 0.2) is 28.7 Å². The zero-order chi connectivity index (χ0) is 13.7. The number of rotatable bonds is 4. The summed E-state index contributed by atoms with van der Waals surface area (Å²) in [6.07, 6.45) is 4.68. The average Bonchev–Trinajstić information content (AvgIpc) is 2.39. The molecule has 2 unspecified atom stereocenters. The van der Waals surface area contributed by atoms with Gasteiger partial charge in [0.05, 0.1) is 12.1 Å². The Morgan fingerprint density at radius 2 is 2.16 bits per heavy atom. The average molecular weight is 326 g/mol. The summed E-state index contributed by atoms with van der Waals surface area (Å²) in [5, 5.41) is 12.8. The Hall–Kier alpha value is -0.870. The third-order valence-corrected chi connectivity index (χ3v) is 4.10. The lowest BCUT2D eigenvalue weighted by Gasteiger charge is -2.28. The molecule has 2 N–H and O–H groups in total. The van der Waals surface area contributed by atoms with Crippen molar-refractivity contribution in [3.8, 4) is 0 Å². The first kappa shape index (κ1) is 14.5. The highest BCUT2D eigenvalue weighted by Crippen LogP contribution is 2.18. The molecule has 0 heterocycles. The maximum absolute atomic E-state index is 11.9. The summed E-state index contributed by atoms with van der Waals surface area (Å²) in [6.45, 7) is 0. The lowest BCUT2D eigenvalue weighted by molar-refractivity contribution is -0.123. The lowest BCUT2D eigenvalue weighted by Crippen LogP contribution is -2.45. The lowest BCUT2D eigenvalue weighted by atomic mass is 9.92. The van der Waals surface area contributed by atoms with Crippen molar-refractivity contribution in [3.05, 3.63) is 34.3 Å². The number of benzene rings is 1. The van der Waals surface area contributed by atoms with Gasteiger partial charge in [-0.15, -0.1) is 0 Å². The first-order valence-electron chi connectivity index (χ1n) is 6.87. The van der Waals surface area contributed by atoms with Crippen LogP contribution in [-0.2, 0) is 11.2 Å². The molecule has 1 aliphatic rings. The quantitative estimate of drug-likeness (QED) is 0.894. The molecule has 1 aromatic carbocycles. The molecule has 1 fully saturated rings. The van der Waals surface area contributed by atoms with E-state index in [1.807, 2.05) is 24.3 Å². The van der Waals surface area contributed by atoms with Crippen LogP contribution in [-0.4, -0.2) is 23.2 Å². The molecule has 2 rings (SSSR count). The Kier molecular flexibility index (Phi) is 5.40. The first-order chi connectivity index (χ1) is 9.15. The van der Waals surface area contributed by atoms with Crippen LogP contribution in [0, 0.1) is 0 Å². The number of aryl methyl sites for hydroxylation is 1. The Bertz CT molecular complexity index is 436. The van der Waals surface area contributed by atoms with E-state index in [2.05, 4.69) is 21.2 Å². The predicted molar refractivity (Wildman–Crippen MR) is 78.9 cm³/mol. The van der Waals surface area contributed by atoms with E-state index in [4.69, 9.17) is 0 Å². The number of aliphatic hydroxyl groups is 1. The van der Waals surface area contributed by atoms with E-state index in [0.29, 0.717) is 6.42 Å². The number of hydrogen-bond donors (Lipinski definition) is 2. The molecule has 2 atom stereocenters. The number of hydrogen-bond acceptors (Lipinski definition) is 2. The van der Waals surface area contributed by atoms with E-state index in [1.165, 1.54) is 0 Å². The van der Waals surface area contributed by atoms with Gasteiger partial charge in [-0.3, -0.25) is 4.79 Å². The summed E-state index contributed by atoms with van der Waals surface area (Å²) in [5.74, 6) is 0.0333. The van der Waals surface area contributed by atoms with Gasteiger partial charge in [0.25, 0.3) is 0 Å². The highest BCUT2D eigenvalue weighted by molar-refractivity contribution is 9.10. The SMILES string of the molecule is O=C(CCc1cccc(Br)c1)NC1CCCCC1O. The standard InChI is InChI=1S/C15H20BrNO2/c16-12-5-3-4-11(10-12)8-9-15(19)17-13-6-1-2-7-14(13)18/h3-5,10,13-14,18H,1-2,6-9H2,(H,17,19). The molecule has 1 aliphatic carbocycles. The molecule has 0 radical (unpaired) electrons. The second-order valence-corrected chi connectivity index (χ2v) is 6.07. The minimum Gasteiger partial charge on any atom is -0.391 e. The van der Waals surface area contributed by atoms with Crippen molar-refractivity contribution < 1.29 is 9.90 Å². The topological polar surface area (TPSA) is 49.3 Å². The fourth-order valence-electron chi connectivity index (χ4n) is 2.51. The molecular weight excluding hydrogens is 306 g/mol. The van der Waals surface area contributed by atoms with Crippen LogP contribution in [0.2, 0.25) is 0 Å². The molecule has 0 saturated heterocycles. The molecule has 1 aromatic rings. The normalized spacial score (nSPS) is 23.1. The van der Waals surface area contributed by atoms with Crippen LogP contribution < -0.4 is 5.32 Å². The van der Waals surface area contributed by atoms with E-state index < -0.39 is 0 Å². The highest BCUT2D eigenvalue weighted by Gasteiger charge is 2.24. The van der Waals surface area contributed by atoms with Crippen LogP contribution in [0.5, 0.6) is 0 Å². The number of carbonyl (C=O) groups is 1. The van der Waals surface area contributed by atoms with Gasteiger partial charge in [-0.1, -0.05) is 40.9 Å². The summed E-state index contributed by atoms with van der Waals surface area (Å²) < 4.78 is 1.04. The van der Waals surface area contributed by atoms with Gasteiger partial charge in [0.1, 0.15) is 0 Å². The molecule has 0 aliphatic heterocycles. The van der Waals surface area contributed by atoms with Gasteiger partial charge in [0, 0.05) is 10.9 Å². The zero-order valence-corrected chi connectivity index (χ0v) is 12.5. The summed E-state index contributed by atoms with van der Waals surface area (Å²) in [5.41, 5.74) is 1.15. The van der Waals surface area contributed by atoms with Crippen LogP contribution in [0.25, 0.3) is 0 Å². The molecule has 4 heteroatoms. The molecular formula is C15H20BrNO2. The Labute approximate surface area is 122 Å². The molecule has 19 heavy (non-hydrogen) atoms. The third-order valence-electron chi connectivity index (χ3n) is 3.61. The number of halogens is 1. The second-order valence-electron chi connectivity index (χ2n) is 5.16.